The van der Waals surface area contributed by atoms with Crippen LogP contribution in [0.15, 0.2) is 20.1 Å². The number of sulfonamides is 1. The maximum absolute atomic E-state index is 11.7. The molecule has 0 saturated carbocycles. The molecule has 1 heterocycles. The Morgan fingerprint density at radius 3 is 2.62 bits per heavy atom. The third-order valence-corrected chi connectivity index (χ3v) is 5.40. The molecule has 90 valence electrons. The minimum Gasteiger partial charge on any atom is -0.480 e. The van der Waals surface area contributed by atoms with Crippen molar-refractivity contribution < 1.29 is 18.3 Å². The summed E-state index contributed by atoms with van der Waals surface area (Å²) < 4.78 is 26.4. The molecule has 0 bridgehead atoms. The van der Waals surface area contributed by atoms with Crippen LogP contribution in [0.5, 0.6) is 0 Å². The number of hydrogen-bond donors (Lipinski definition) is 2. The standard InChI is InChI=1S/C8H10BrNO4S2/c1-2-5(8(11)12)10-16(13,14)7-4-3-6(9)15-7/h3-5,10H,2H2,1H3,(H,11,12). The van der Waals surface area contributed by atoms with E-state index in [4.69, 9.17) is 5.11 Å². The summed E-state index contributed by atoms with van der Waals surface area (Å²) in [5.41, 5.74) is 0. The number of carboxylic acid groups (broad SMARTS) is 1. The van der Waals surface area contributed by atoms with Gasteiger partial charge in [0.2, 0.25) is 0 Å². The summed E-state index contributed by atoms with van der Waals surface area (Å²) >= 11 is 4.18. The van der Waals surface area contributed by atoms with Gasteiger partial charge in [-0.3, -0.25) is 4.79 Å². The van der Waals surface area contributed by atoms with Crippen LogP contribution >= 0.6 is 27.3 Å². The molecule has 0 saturated heterocycles. The maximum Gasteiger partial charge on any atom is 0.321 e. The van der Waals surface area contributed by atoms with Gasteiger partial charge in [0.15, 0.2) is 0 Å². The highest BCUT2D eigenvalue weighted by Crippen LogP contribution is 2.26. The molecule has 16 heavy (non-hydrogen) atoms. The summed E-state index contributed by atoms with van der Waals surface area (Å²) in [6.07, 6.45) is 0.196. The van der Waals surface area contributed by atoms with E-state index in [9.17, 15) is 13.2 Å². The Morgan fingerprint density at radius 2 is 2.25 bits per heavy atom. The zero-order valence-electron chi connectivity index (χ0n) is 8.31. The fraction of sp³-hybridized carbons (Fsp3) is 0.375. The van der Waals surface area contributed by atoms with E-state index in [1.54, 1.807) is 13.0 Å². The number of nitrogens with one attached hydrogen (secondary N) is 1. The van der Waals surface area contributed by atoms with Gasteiger partial charge in [-0.1, -0.05) is 6.92 Å². The highest BCUT2D eigenvalue weighted by Gasteiger charge is 2.24. The molecular weight excluding hydrogens is 318 g/mol. The Hall–Kier alpha value is -0.440. The fourth-order valence-corrected chi connectivity index (χ4v) is 4.29. The zero-order valence-corrected chi connectivity index (χ0v) is 11.5. The van der Waals surface area contributed by atoms with E-state index in [0.717, 1.165) is 11.3 Å². The molecule has 8 heteroatoms. The summed E-state index contributed by atoms with van der Waals surface area (Å²) in [5, 5.41) is 8.76. The molecule has 0 aliphatic rings. The van der Waals surface area contributed by atoms with Gasteiger partial charge in [-0.05, 0) is 34.5 Å². The van der Waals surface area contributed by atoms with Crippen molar-refractivity contribution in [1.29, 1.82) is 0 Å². The van der Waals surface area contributed by atoms with E-state index in [0.29, 0.717) is 3.79 Å². The van der Waals surface area contributed by atoms with E-state index in [-0.39, 0.29) is 10.6 Å². The fourth-order valence-electron chi connectivity index (χ4n) is 0.996. The number of aliphatic carboxylic acids is 1. The highest BCUT2D eigenvalue weighted by atomic mass is 79.9. The van der Waals surface area contributed by atoms with Crippen molar-refractivity contribution in [2.75, 3.05) is 0 Å². The van der Waals surface area contributed by atoms with Gasteiger partial charge >= 0.3 is 5.97 Å². The molecule has 1 aromatic heterocycles. The van der Waals surface area contributed by atoms with Crippen molar-refractivity contribution in [3.63, 3.8) is 0 Å². The van der Waals surface area contributed by atoms with Gasteiger partial charge in [0.1, 0.15) is 10.3 Å². The average Bonchev–Trinajstić information content (AvgIpc) is 2.61. The monoisotopic (exact) mass is 327 g/mol. The van der Waals surface area contributed by atoms with E-state index >= 15 is 0 Å². The predicted molar refractivity (Wildman–Crippen MR) is 64.1 cm³/mol. The summed E-state index contributed by atoms with van der Waals surface area (Å²) in [7, 11) is -3.74. The lowest BCUT2D eigenvalue weighted by molar-refractivity contribution is -0.139. The number of carbonyl (C=O) groups is 1. The van der Waals surface area contributed by atoms with Crippen molar-refractivity contribution in [3.8, 4) is 0 Å². The van der Waals surface area contributed by atoms with Gasteiger partial charge in [-0.15, -0.1) is 11.3 Å². The summed E-state index contributed by atoms with van der Waals surface area (Å²) in [5.74, 6) is -1.18. The minimum atomic E-state index is -3.74. The molecule has 5 nitrogen and oxygen atoms in total. The van der Waals surface area contributed by atoms with Gasteiger partial charge in [-0.25, -0.2) is 8.42 Å². The Morgan fingerprint density at radius 1 is 1.62 bits per heavy atom. The second kappa shape index (κ2) is 5.26. The molecule has 0 aromatic carbocycles. The van der Waals surface area contributed by atoms with E-state index in [1.807, 2.05) is 0 Å². The normalized spacial score (nSPS) is 13.6. The lowest BCUT2D eigenvalue weighted by Crippen LogP contribution is -2.39. The largest absolute Gasteiger partial charge is 0.480 e. The zero-order chi connectivity index (χ0) is 12.3. The van der Waals surface area contributed by atoms with Crippen LogP contribution in [-0.4, -0.2) is 25.5 Å². The smallest absolute Gasteiger partial charge is 0.321 e. The first-order chi connectivity index (χ1) is 7.36. The predicted octanol–water partition coefficient (Wildman–Crippen LogP) is 1.65. The first-order valence-electron chi connectivity index (χ1n) is 4.37. The second-order valence-electron chi connectivity index (χ2n) is 2.98. The maximum atomic E-state index is 11.7. The number of rotatable bonds is 5. The lowest BCUT2D eigenvalue weighted by Gasteiger charge is -2.11. The third kappa shape index (κ3) is 3.27. The SMILES string of the molecule is CCC(NS(=O)(=O)c1ccc(Br)s1)C(=O)O. The summed E-state index contributed by atoms with van der Waals surface area (Å²) in [6, 6.07) is 1.93. The van der Waals surface area contributed by atoms with Crippen LogP contribution in [0.4, 0.5) is 0 Å². The van der Waals surface area contributed by atoms with Crippen LogP contribution in [0, 0.1) is 0 Å². The van der Waals surface area contributed by atoms with Crippen LogP contribution in [-0.2, 0) is 14.8 Å². The molecule has 0 radical (unpaired) electrons. The van der Waals surface area contributed by atoms with Crippen molar-refractivity contribution in [3.05, 3.63) is 15.9 Å². The third-order valence-electron chi connectivity index (χ3n) is 1.82. The molecule has 0 fully saturated rings. The van der Waals surface area contributed by atoms with Crippen LogP contribution < -0.4 is 4.72 Å². The minimum absolute atomic E-state index is 0.0964. The van der Waals surface area contributed by atoms with Crippen molar-refractivity contribution in [1.82, 2.24) is 4.72 Å². The molecular formula is C8H10BrNO4S2. The van der Waals surface area contributed by atoms with Crippen molar-refractivity contribution in [2.45, 2.75) is 23.6 Å². The van der Waals surface area contributed by atoms with Crippen molar-refractivity contribution in [2.24, 2.45) is 0 Å². The van der Waals surface area contributed by atoms with E-state index in [1.165, 1.54) is 6.07 Å². The number of thiophene rings is 1. The Labute approximate surface area is 106 Å². The van der Waals surface area contributed by atoms with Crippen LogP contribution in [0.25, 0.3) is 0 Å². The van der Waals surface area contributed by atoms with Crippen molar-refractivity contribution >= 4 is 43.3 Å². The number of carboxylic acids is 1. The molecule has 0 spiro atoms. The van der Waals surface area contributed by atoms with Gasteiger partial charge in [0.05, 0.1) is 3.79 Å². The quantitative estimate of drug-likeness (QED) is 0.861. The topological polar surface area (TPSA) is 83.5 Å². The van der Waals surface area contributed by atoms with Crippen LogP contribution in [0.3, 0.4) is 0 Å². The Bertz CT molecular complexity index is 482. The first-order valence-corrected chi connectivity index (χ1v) is 7.46. The van der Waals surface area contributed by atoms with Crippen LogP contribution in [0.2, 0.25) is 0 Å². The molecule has 2 N–H and O–H groups in total. The van der Waals surface area contributed by atoms with Gasteiger partial charge in [0.25, 0.3) is 10.0 Å². The summed E-state index contributed by atoms with van der Waals surface area (Å²) in [4.78, 5) is 10.7. The molecule has 0 amide bonds. The van der Waals surface area contributed by atoms with E-state index < -0.39 is 22.0 Å². The van der Waals surface area contributed by atoms with Crippen LogP contribution in [0.1, 0.15) is 13.3 Å². The molecule has 1 unspecified atom stereocenters. The Balaban J connectivity index is 2.91. The number of hydrogen-bond acceptors (Lipinski definition) is 4. The van der Waals surface area contributed by atoms with Gasteiger partial charge < -0.3 is 5.11 Å². The lowest BCUT2D eigenvalue weighted by atomic mass is 10.2. The molecule has 0 aliphatic heterocycles. The highest BCUT2D eigenvalue weighted by molar-refractivity contribution is 9.11. The van der Waals surface area contributed by atoms with E-state index in [2.05, 4.69) is 20.7 Å². The molecule has 1 atom stereocenters. The molecule has 0 aliphatic carbocycles. The molecule has 1 aromatic rings. The first kappa shape index (κ1) is 13.6. The Kier molecular flexibility index (Phi) is 4.48. The van der Waals surface area contributed by atoms with Gasteiger partial charge in [0, 0.05) is 0 Å². The summed E-state index contributed by atoms with van der Waals surface area (Å²) in [6.45, 7) is 1.60. The second-order valence-corrected chi connectivity index (χ2v) is 7.38. The molecule has 1 rings (SSSR count). The average molecular weight is 328 g/mol. The number of halogens is 1. The van der Waals surface area contributed by atoms with Gasteiger partial charge in [-0.2, -0.15) is 4.72 Å².